The predicted molar refractivity (Wildman–Crippen MR) is 68.9 cm³/mol. The number of amides is 1. The number of nitrogens with one attached hydrogen (secondary N) is 1. The second-order valence-electron chi connectivity index (χ2n) is 3.89. The third-order valence-electron chi connectivity index (χ3n) is 2.30. The Labute approximate surface area is 101 Å². The number of rotatable bonds is 7. The molecule has 16 heavy (non-hydrogen) atoms. The molecule has 0 spiro atoms. The van der Waals surface area contributed by atoms with Gasteiger partial charge in [-0.05, 0) is 12.8 Å². The molecule has 0 unspecified atom stereocenters. The topological polar surface area (TPSA) is 42.0 Å². The summed E-state index contributed by atoms with van der Waals surface area (Å²) < 4.78 is 0. The summed E-state index contributed by atoms with van der Waals surface area (Å²) in [5, 5.41) is 3.59. The molecule has 0 saturated carbocycles. The van der Waals surface area contributed by atoms with Crippen molar-refractivity contribution in [3.8, 4) is 0 Å². The summed E-state index contributed by atoms with van der Waals surface area (Å²) in [5.74, 6) is 0.0887. The molecule has 0 bridgehead atoms. The van der Waals surface area contributed by atoms with Crippen LogP contribution in [0.2, 0.25) is 0 Å². The first-order valence-corrected chi connectivity index (χ1v) is 6.82. The first-order chi connectivity index (χ1) is 7.76. The van der Waals surface area contributed by atoms with Crippen LogP contribution in [0, 0.1) is 0 Å². The smallest absolute Gasteiger partial charge is 0.226 e. The van der Waals surface area contributed by atoms with E-state index in [1.807, 2.05) is 6.20 Å². The predicted octanol–water partition coefficient (Wildman–Crippen LogP) is 3.61. The Morgan fingerprint density at radius 2 is 2.19 bits per heavy atom. The van der Waals surface area contributed by atoms with Crippen molar-refractivity contribution in [2.24, 2.45) is 0 Å². The number of anilines is 1. The highest BCUT2D eigenvalue weighted by atomic mass is 32.1. The fourth-order valence-electron chi connectivity index (χ4n) is 1.44. The minimum absolute atomic E-state index is 0.0887. The maximum absolute atomic E-state index is 11.5. The molecule has 1 N–H and O–H groups in total. The second kappa shape index (κ2) is 7.39. The lowest BCUT2D eigenvalue weighted by molar-refractivity contribution is -0.116. The van der Waals surface area contributed by atoms with Crippen molar-refractivity contribution in [3.63, 3.8) is 0 Å². The van der Waals surface area contributed by atoms with Gasteiger partial charge in [0.25, 0.3) is 0 Å². The monoisotopic (exact) mass is 240 g/mol. The molecule has 0 aliphatic carbocycles. The zero-order valence-corrected chi connectivity index (χ0v) is 10.9. The number of hydrogen-bond donors (Lipinski definition) is 1. The van der Waals surface area contributed by atoms with Crippen molar-refractivity contribution in [1.82, 2.24) is 4.98 Å². The largest absolute Gasteiger partial charge is 0.302 e. The molecule has 0 aliphatic heterocycles. The van der Waals surface area contributed by atoms with E-state index in [1.54, 1.807) is 11.3 Å². The number of carbonyl (C=O) groups is 1. The van der Waals surface area contributed by atoms with Crippen LogP contribution in [0.3, 0.4) is 0 Å². The van der Waals surface area contributed by atoms with Crippen LogP contribution in [0.4, 0.5) is 5.13 Å². The molecule has 0 atom stereocenters. The first-order valence-electron chi connectivity index (χ1n) is 6.00. The Kier molecular flexibility index (Phi) is 6.08. The van der Waals surface area contributed by atoms with Crippen LogP contribution in [0.1, 0.15) is 50.8 Å². The molecular weight excluding hydrogens is 220 g/mol. The van der Waals surface area contributed by atoms with E-state index >= 15 is 0 Å². The van der Waals surface area contributed by atoms with Crippen molar-refractivity contribution in [2.45, 2.75) is 52.4 Å². The van der Waals surface area contributed by atoms with Gasteiger partial charge in [0.15, 0.2) is 5.13 Å². The van der Waals surface area contributed by atoms with E-state index in [9.17, 15) is 4.79 Å². The summed E-state index contributed by atoms with van der Waals surface area (Å²) in [7, 11) is 0. The number of carbonyl (C=O) groups excluding carboxylic acids is 1. The molecule has 0 fully saturated rings. The van der Waals surface area contributed by atoms with Gasteiger partial charge in [-0.15, -0.1) is 11.3 Å². The molecular formula is C12H20N2OS. The number of aromatic nitrogens is 1. The van der Waals surface area contributed by atoms with Gasteiger partial charge in [0.05, 0.1) is 0 Å². The van der Waals surface area contributed by atoms with E-state index in [-0.39, 0.29) is 5.91 Å². The maximum Gasteiger partial charge on any atom is 0.226 e. The number of hydrogen-bond acceptors (Lipinski definition) is 3. The second-order valence-corrected chi connectivity index (χ2v) is 5.00. The third kappa shape index (κ3) is 4.75. The van der Waals surface area contributed by atoms with Gasteiger partial charge in [-0.1, -0.05) is 33.1 Å². The summed E-state index contributed by atoms with van der Waals surface area (Å²) in [6, 6.07) is 0. The van der Waals surface area contributed by atoms with Gasteiger partial charge in [0.2, 0.25) is 5.91 Å². The highest BCUT2D eigenvalue weighted by Gasteiger charge is 2.05. The normalized spacial score (nSPS) is 10.4. The minimum Gasteiger partial charge on any atom is -0.302 e. The Morgan fingerprint density at radius 1 is 1.38 bits per heavy atom. The molecule has 0 aromatic carbocycles. The summed E-state index contributed by atoms with van der Waals surface area (Å²) in [6.45, 7) is 4.28. The quantitative estimate of drug-likeness (QED) is 0.740. The van der Waals surface area contributed by atoms with Crippen LogP contribution in [0.25, 0.3) is 0 Å². The van der Waals surface area contributed by atoms with Crippen LogP contribution >= 0.6 is 11.3 Å². The highest BCUT2D eigenvalue weighted by Crippen LogP contribution is 2.19. The lowest BCUT2D eigenvalue weighted by Crippen LogP contribution is -2.10. The van der Waals surface area contributed by atoms with Crippen LogP contribution in [0.15, 0.2) is 6.20 Å². The molecule has 1 aromatic rings. The summed E-state index contributed by atoms with van der Waals surface area (Å²) in [4.78, 5) is 16.9. The third-order valence-corrected chi connectivity index (χ3v) is 3.28. The molecule has 0 aliphatic rings. The van der Waals surface area contributed by atoms with Crippen LogP contribution in [-0.4, -0.2) is 10.9 Å². The highest BCUT2D eigenvalue weighted by molar-refractivity contribution is 7.15. The molecule has 1 heterocycles. The zero-order valence-electron chi connectivity index (χ0n) is 10.1. The van der Waals surface area contributed by atoms with Gasteiger partial charge in [-0.3, -0.25) is 4.79 Å². The van der Waals surface area contributed by atoms with Gasteiger partial charge in [0.1, 0.15) is 0 Å². The Morgan fingerprint density at radius 3 is 2.88 bits per heavy atom. The summed E-state index contributed by atoms with van der Waals surface area (Å²) in [6.07, 6.45) is 7.86. The molecule has 0 saturated heterocycles. The fraction of sp³-hybridized carbons (Fsp3) is 0.667. The van der Waals surface area contributed by atoms with Crippen molar-refractivity contribution in [1.29, 1.82) is 0 Å². The zero-order chi connectivity index (χ0) is 11.8. The molecule has 0 radical (unpaired) electrons. The van der Waals surface area contributed by atoms with E-state index in [4.69, 9.17) is 0 Å². The number of nitrogens with zero attached hydrogens (tertiary/aromatic N) is 1. The Hall–Kier alpha value is -0.900. The lowest BCUT2D eigenvalue weighted by atomic mass is 10.2. The van der Waals surface area contributed by atoms with Crippen molar-refractivity contribution in [3.05, 3.63) is 11.1 Å². The average Bonchev–Trinajstić information content (AvgIpc) is 2.66. The standard InChI is InChI=1S/C12H20N2OS/c1-3-5-6-8-11(15)14-12-13-9-10(16-12)7-4-2/h9H,3-8H2,1-2H3,(H,13,14,15). The van der Waals surface area contributed by atoms with Crippen LogP contribution < -0.4 is 5.32 Å². The molecule has 90 valence electrons. The average molecular weight is 240 g/mol. The van der Waals surface area contributed by atoms with E-state index in [1.165, 1.54) is 4.88 Å². The van der Waals surface area contributed by atoms with Gasteiger partial charge in [0, 0.05) is 17.5 Å². The van der Waals surface area contributed by atoms with E-state index in [0.29, 0.717) is 6.42 Å². The fourth-order valence-corrected chi connectivity index (χ4v) is 2.37. The van der Waals surface area contributed by atoms with Gasteiger partial charge >= 0.3 is 0 Å². The maximum atomic E-state index is 11.5. The van der Waals surface area contributed by atoms with Crippen LogP contribution in [-0.2, 0) is 11.2 Å². The number of unbranched alkanes of at least 4 members (excludes halogenated alkanes) is 2. The Balaban J connectivity index is 2.31. The van der Waals surface area contributed by atoms with Gasteiger partial charge in [-0.25, -0.2) is 4.98 Å². The number of thiazole rings is 1. The SMILES string of the molecule is CCCCCC(=O)Nc1ncc(CCC)s1. The summed E-state index contributed by atoms with van der Waals surface area (Å²) >= 11 is 1.58. The molecule has 1 rings (SSSR count). The van der Waals surface area contributed by atoms with E-state index in [0.717, 1.165) is 37.2 Å². The molecule has 3 nitrogen and oxygen atoms in total. The molecule has 1 aromatic heterocycles. The van der Waals surface area contributed by atoms with E-state index in [2.05, 4.69) is 24.1 Å². The van der Waals surface area contributed by atoms with Gasteiger partial charge in [-0.2, -0.15) is 0 Å². The first kappa shape index (κ1) is 13.2. The van der Waals surface area contributed by atoms with Gasteiger partial charge < -0.3 is 5.32 Å². The molecule has 4 heteroatoms. The Bertz CT molecular complexity index is 323. The summed E-state index contributed by atoms with van der Waals surface area (Å²) in [5.41, 5.74) is 0. The van der Waals surface area contributed by atoms with E-state index < -0.39 is 0 Å². The molecule has 1 amide bonds. The van der Waals surface area contributed by atoms with Crippen molar-refractivity contribution < 1.29 is 4.79 Å². The number of aryl methyl sites for hydroxylation is 1. The van der Waals surface area contributed by atoms with Crippen LogP contribution in [0.5, 0.6) is 0 Å². The minimum atomic E-state index is 0.0887. The van der Waals surface area contributed by atoms with Crippen molar-refractivity contribution in [2.75, 3.05) is 5.32 Å². The lowest BCUT2D eigenvalue weighted by Gasteiger charge is -2.00. The van der Waals surface area contributed by atoms with Crippen molar-refractivity contribution >= 4 is 22.4 Å².